The number of aliphatic hydroxyl groups is 1. The number of aryl methyl sites for hydroxylation is 1. The van der Waals surface area contributed by atoms with Crippen molar-refractivity contribution in [2.45, 2.75) is 50.8 Å². The summed E-state index contributed by atoms with van der Waals surface area (Å²) in [5, 5.41) is 20.3. The summed E-state index contributed by atoms with van der Waals surface area (Å²) >= 11 is 0. The van der Waals surface area contributed by atoms with Crippen LogP contribution in [-0.4, -0.2) is 63.7 Å². The van der Waals surface area contributed by atoms with Crippen LogP contribution in [0.5, 0.6) is 0 Å². The maximum Gasteiger partial charge on any atom is 0.330 e. The molecule has 15 heteroatoms. The number of hydrogen-bond donors (Lipinski definition) is 3. The van der Waals surface area contributed by atoms with E-state index in [1.165, 1.54) is 20.0 Å². The van der Waals surface area contributed by atoms with Crippen molar-refractivity contribution in [1.29, 1.82) is 0 Å². The fraction of sp³-hybridized carbons (Fsp3) is 0.225. The molecule has 55 heavy (non-hydrogen) atoms. The standard InChI is InChI=1S/C40H33N7O8/c1-21-17-45(40(53)42-37(21)50)33-15-30(32(19-48)55-33)46-18-23(43-44-46)20-54-39(52)31(14-22-16-41-29-13-7-6-8-24(22)29)47-35-26-10-3-4-11-27(26)36(49)34(35)25-9-2-5-12-28(25)38(47)51/h2-13,16-18,30-33,41,48H,14-15,19-20H2,1H3,(H,42,50,53)/t30-,31-,32+,33+/m1/s1. The zero-order valence-electron chi connectivity index (χ0n) is 29.3. The summed E-state index contributed by atoms with van der Waals surface area (Å²) in [6.07, 6.45) is 3.53. The Labute approximate surface area is 310 Å². The fourth-order valence-corrected chi connectivity index (χ4v) is 7.88. The van der Waals surface area contributed by atoms with Crippen molar-refractivity contribution >= 4 is 33.4 Å². The van der Waals surface area contributed by atoms with Crippen LogP contribution < -0.4 is 16.8 Å². The average Bonchev–Trinajstić information content (AvgIpc) is 4.00. The molecule has 0 bridgehead atoms. The Morgan fingerprint density at radius 2 is 1.69 bits per heavy atom. The second-order valence-corrected chi connectivity index (χ2v) is 13.8. The van der Waals surface area contributed by atoms with Gasteiger partial charge >= 0.3 is 11.7 Å². The van der Waals surface area contributed by atoms with E-state index in [-0.39, 0.29) is 37.5 Å². The van der Waals surface area contributed by atoms with Crippen molar-refractivity contribution in [1.82, 2.24) is 34.1 Å². The molecule has 0 amide bonds. The van der Waals surface area contributed by atoms with E-state index in [0.29, 0.717) is 38.7 Å². The molecule has 1 aliphatic heterocycles. The number of H-pyrrole nitrogens is 2. The lowest BCUT2D eigenvalue weighted by atomic mass is 9.99. The lowest BCUT2D eigenvalue weighted by Gasteiger charge is -2.23. The van der Waals surface area contributed by atoms with E-state index in [1.807, 2.05) is 24.3 Å². The molecule has 0 spiro atoms. The van der Waals surface area contributed by atoms with Crippen molar-refractivity contribution in [3.8, 4) is 11.3 Å². The number of aliphatic hydroxyl groups excluding tert-OH is 1. The Balaban J connectivity index is 1.06. The first-order valence-corrected chi connectivity index (χ1v) is 17.7. The number of carbonyl (C=O) groups is 2. The van der Waals surface area contributed by atoms with Crippen LogP contribution in [-0.2, 0) is 27.3 Å². The van der Waals surface area contributed by atoms with Crippen LogP contribution in [0.1, 0.15) is 57.5 Å². The predicted molar refractivity (Wildman–Crippen MR) is 199 cm³/mol. The molecule has 0 unspecified atom stereocenters. The number of rotatable bonds is 9. The first-order valence-electron chi connectivity index (χ1n) is 17.7. The fourth-order valence-electron chi connectivity index (χ4n) is 7.88. The molecule has 3 N–H and O–H groups in total. The van der Waals surface area contributed by atoms with Gasteiger partial charge in [0.25, 0.3) is 11.1 Å². The van der Waals surface area contributed by atoms with Gasteiger partial charge in [0.1, 0.15) is 30.7 Å². The van der Waals surface area contributed by atoms with E-state index in [1.54, 1.807) is 67.8 Å². The maximum absolute atomic E-state index is 14.6. The maximum atomic E-state index is 14.6. The van der Waals surface area contributed by atoms with Gasteiger partial charge in [-0.15, -0.1) is 5.10 Å². The topological polar surface area (TPSA) is 196 Å². The highest BCUT2D eigenvalue weighted by atomic mass is 16.5. The number of fused-ring (bicyclic) bond motifs is 6. The Morgan fingerprint density at radius 3 is 2.49 bits per heavy atom. The van der Waals surface area contributed by atoms with Crippen molar-refractivity contribution in [3.05, 3.63) is 151 Å². The monoisotopic (exact) mass is 739 g/mol. The Hall–Kier alpha value is -6.71. The minimum atomic E-state index is -1.19. The number of aromatic amines is 2. The normalized spacial score (nSPS) is 18.1. The van der Waals surface area contributed by atoms with Crippen LogP contribution in [0.3, 0.4) is 0 Å². The van der Waals surface area contributed by atoms with Crippen molar-refractivity contribution in [2.24, 2.45) is 0 Å². The SMILES string of the molecule is Cc1cn([C@@H]2C[C@@H](n3cc(COC(=O)[C@@H](Cc4c[nH]c5ccccc45)n4c5c(c6ccccc6c4=O)C(=O)c4ccccc4-5)nn3)[C@H](CO)O2)c(=O)[nH]c1=O. The third-order valence-electron chi connectivity index (χ3n) is 10.5. The number of pyridine rings is 1. The Kier molecular flexibility index (Phi) is 8.24. The zero-order valence-corrected chi connectivity index (χ0v) is 29.3. The van der Waals surface area contributed by atoms with Gasteiger partial charge in [0.05, 0.1) is 30.1 Å². The molecule has 9 rings (SSSR count). The van der Waals surface area contributed by atoms with Crippen LogP contribution in [0.15, 0.2) is 106 Å². The molecule has 276 valence electrons. The van der Waals surface area contributed by atoms with Gasteiger partial charge in [-0.05, 0) is 24.6 Å². The van der Waals surface area contributed by atoms with E-state index in [4.69, 9.17) is 9.47 Å². The van der Waals surface area contributed by atoms with E-state index < -0.39 is 47.2 Å². The number of carbonyl (C=O) groups excluding carboxylic acids is 2. The van der Waals surface area contributed by atoms with Gasteiger partial charge in [-0.3, -0.25) is 28.5 Å². The molecule has 15 nitrogen and oxygen atoms in total. The number of esters is 1. The van der Waals surface area contributed by atoms with Gasteiger partial charge in [0.2, 0.25) is 0 Å². The van der Waals surface area contributed by atoms with Gasteiger partial charge in [-0.2, -0.15) is 0 Å². The molecule has 1 fully saturated rings. The van der Waals surface area contributed by atoms with E-state index >= 15 is 0 Å². The van der Waals surface area contributed by atoms with Crippen LogP contribution >= 0.6 is 0 Å². The van der Waals surface area contributed by atoms with E-state index in [0.717, 1.165) is 16.5 Å². The molecular formula is C40H33N7O8. The van der Waals surface area contributed by atoms with Crippen LogP contribution in [0, 0.1) is 6.92 Å². The number of para-hydroxylation sites is 1. The quantitative estimate of drug-likeness (QED) is 0.184. The molecule has 7 aromatic rings. The highest BCUT2D eigenvalue weighted by molar-refractivity contribution is 6.26. The summed E-state index contributed by atoms with van der Waals surface area (Å²) in [5.41, 5.74) is 2.38. The molecule has 2 aliphatic rings. The van der Waals surface area contributed by atoms with Crippen molar-refractivity contribution in [3.63, 3.8) is 0 Å². The molecule has 0 saturated carbocycles. The van der Waals surface area contributed by atoms with Gasteiger partial charge in [0, 0.05) is 63.6 Å². The molecule has 1 aliphatic carbocycles. The number of nitrogens with zero attached hydrogens (tertiary/aromatic N) is 5. The zero-order chi connectivity index (χ0) is 38.0. The summed E-state index contributed by atoms with van der Waals surface area (Å²) < 4.78 is 16.1. The third-order valence-corrected chi connectivity index (χ3v) is 10.5. The van der Waals surface area contributed by atoms with Crippen molar-refractivity contribution < 1.29 is 24.2 Å². The molecular weight excluding hydrogens is 706 g/mol. The second kappa shape index (κ2) is 13.3. The first-order chi connectivity index (χ1) is 26.7. The van der Waals surface area contributed by atoms with Gasteiger partial charge in [-0.25, -0.2) is 14.3 Å². The molecule has 1 saturated heterocycles. The summed E-state index contributed by atoms with van der Waals surface area (Å²) in [6.45, 7) is 0.889. The highest BCUT2D eigenvalue weighted by Gasteiger charge is 2.39. The van der Waals surface area contributed by atoms with Gasteiger partial charge < -0.3 is 19.6 Å². The van der Waals surface area contributed by atoms with Crippen LogP contribution in [0.25, 0.3) is 32.9 Å². The molecule has 0 radical (unpaired) electrons. The number of nitrogens with one attached hydrogen (secondary N) is 2. The van der Waals surface area contributed by atoms with Crippen LogP contribution in [0.2, 0.25) is 0 Å². The summed E-state index contributed by atoms with van der Waals surface area (Å²) in [6, 6.07) is 19.9. The molecule has 5 heterocycles. The summed E-state index contributed by atoms with van der Waals surface area (Å²) in [5.74, 6) is -0.951. The summed E-state index contributed by atoms with van der Waals surface area (Å²) in [4.78, 5) is 73.0. The van der Waals surface area contributed by atoms with Crippen molar-refractivity contribution in [2.75, 3.05) is 6.61 Å². The number of hydrogen-bond acceptors (Lipinski definition) is 10. The minimum Gasteiger partial charge on any atom is -0.457 e. The average molecular weight is 740 g/mol. The number of ketones is 1. The smallest absolute Gasteiger partial charge is 0.330 e. The largest absolute Gasteiger partial charge is 0.457 e. The number of benzene rings is 3. The lowest BCUT2D eigenvalue weighted by Crippen LogP contribution is -2.34. The Morgan fingerprint density at radius 1 is 0.964 bits per heavy atom. The third kappa shape index (κ3) is 5.63. The van der Waals surface area contributed by atoms with Crippen LogP contribution in [0.4, 0.5) is 0 Å². The van der Waals surface area contributed by atoms with Gasteiger partial charge in [0.15, 0.2) is 5.78 Å². The Bertz CT molecular complexity index is 2860. The highest BCUT2D eigenvalue weighted by Crippen LogP contribution is 2.41. The molecule has 4 atom stereocenters. The lowest BCUT2D eigenvalue weighted by molar-refractivity contribution is -0.149. The molecule has 3 aromatic carbocycles. The predicted octanol–water partition coefficient (Wildman–Crippen LogP) is 3.49. The first kappa shape index (κ1) is 34.1. The van der Waals surface area contributed by atoms with Gasteiger partial charge in [-0.1, -0.05) is 65.9 Å². The second-order valence-electron chi connectivity index (χ2n) is 13.8. The van der Waals surface area contributed by atoms with E-state index in [9.17, 15) is 29.1 Å². The minimum absolute atomic E-state index is 0.0686. The number of aromatic nitrogens is 7. The van der Waals surface area contributed by atoms with E-state index in [2.05, 4.69) is 20.3 Å². The number of ether oxygens (including phenoxy) is 2. The molecule has 4 aromatic heterocycles. The summed E-state index contributed by atoms with van der Waals surface area (Å²) in [7, 11) is 0.